The van der Waals surface area contributed by atoms with E-state index in [0.29, 0.717) is 31.6 Å². The van der Waals surface area contributed by atoms with Crippen molar-refractivity contribution in [2.24, 2.45) is 17.8 Å². The van der Waals surface area contributed by atoms with Gasteiger partial charge in [-0.25, -0.2) is 4.39 Å². The van der Waals surface area contributed by atoms with Gasteiger partial charge in [-0.2, -0.15) is 0 Å². The number of cyclic esters (lactones) is 1. The molecule has 4 aliphatic heterocycles. The van der Waals surface area contributed by atoms with Crippen LogP contribution in [-0.4, -0.2) is 196 Å². The zero-order valence-corrected chi connectivity index (χ0v) is 48.8. The second-order valence-electron chi connectivity index (χ2n) is 23.7. The zero-order valence-electron chi connectivity index (χ0n) is 48.8. The third-order valence-electron chi connectivity index (χ3n) is 17.4. The number of benzene rings is 1. The summed E-state index contributed by atoms with van der Waals surface area (Å²) in [5.74, 6) is -2.47. The Morgan fingerprint density at radius 2 is 1.65 bits per heavy atom. The summed E-state index contributed by atoms with van der Waals surface area (Å²) in [6.45, 7) is 18.5. The van der Waals surface area contributed by atoms with Gasteiger partial charge in [-0.05, 0) is 111 Å². The number of rotatable bonds is 18. The fourth-order valence-electron chi connectivity index (χ4n) is 12.4. The Morgan fingerprint density at radius 3 is 2.27 bits per heavy atom. The van der Waals surface area contributed by atoms with Crippen LogP contribution in [0.5, 0.6) is 0 Å². The minimum absolute atomic E-state index is 0.112. The zero-order chi connectivity index (χ0) is 57.4. The summed E-state index contributed by atoms with van der Waals surface area (Å²) < 4.78 is 59.5. The number of nitrogens with zero attached hydrogens (tertiary/aromatic N) is 4. The summed E-state index contributed by atoms with van der Waals surface area (Å²) in [4.78, 5) is 23.0. The molecule has 0 amide bonds. The molecule has 0 bridgehead atoms. The molecule has 0 aliphatic carbocycles. The van der Waals surface area contributed by atoms with Crippen LogP contribution in [0.1, 0.15) is 125 Å². The molecule has 1 unspecified atom stereocenters. The lowest BCUT2D eigenvalue weighted by Gasteiger charge is -2.47. The molecular weight excluding hydrogens is 1010 g/mol. The number of likely N-dealkylation sites (N-methyl/N-ethyl adjacent to an activating group) is 1. The van der Waals surface area contributed by atoms with Crippen LogP contribution in [0, 0.1) is 17.8 Å². The van der Waals surface area contributed by atoms with Gasteiger partial charge in [0.05, 0.1) is 66.5 Å². The number of pyridine rings is 1. The molecule has 3 fully saturated rings. The van der Waals surface area contributed by atoms with Gasteiger partial charge in [-0.15, -0.1) is 5.53 Å². The van der Waals surface area contributed by atoms with Crippen LogP contribution in [0.25, 0.3) is 11.1 Å². The van der Waals surface area contributed by atoms with Crippen molar-refractivity contribution in [3.63, 3.8) is 0 Å². The predicted octanol–water partition coefficient (Wildman–Crippen LogP) is 5.18. The number of hydrazine groups is 2. The Balaban J connectivity index is 1.18. The van der Waals surface area contributed by atoms with Crippen LogP contribution in [0.3, 0.4) is 0 Å². The van der Waals surface area contributed by atoms with Crippen molar-refractivity contribution in [3.8, 4) is 11.1 Å². The molecule has 0 radical (unpaired) electrons. The normalized spacial score (nSPS) is 37.7. The van der Waals surface area contributed by atoms with Gasteiger partial charge in [0, 0.05) is 81.8 Å². The number of carbonyl (C=O) groups excluding carboxylic acids is 1. The monoisotopic (exact) mass is 1100 g/mol. The summed E-state index contributed by atoms with van der Waals surface area (Å²) >= 11 is 0. The molecule has 0 saturated carbocycles. The van der Waals surface area contributed by atoms with Gasteiger partial charge in [-0.1, -0.05) is 51.1 Å². The fourth-order valence-corrected chi connectivity index (χ4v) is 12.4. The summed E-state index contributed by atoms with van der Waals surface area (Å²) in [5.41, 5.74) is 6.17. The largest absolute Gasteiger partial charge is 0.459 e. The van der Waals surface area contributed by atoms with E-state index in [1.165, 1.54) is 14.0 Å². The van der Waals surface area contributed by atoms with E-state index in [0.717, 1.165) is 28.8 Å². The smallest absolute Gasteiger partial charge is 0.311 e. The van der Waals surface area contributed by atoms with Crippen LogP contribution in [-0.2, 0) is 44.6 Å². The van der Waals surface area contributed by atoms with E-state index < -0.39 is 102 Å². The quantitative estimate of drug-likeness (QED) is 0.0955. The highest BCUT2D eigenvalue weighted by molar-refractivity contribution is 5.73. The Kier molecular flexibility index (Phi) is 22.5. The van der Waals surface area contributed by atoms with Crippen molar-refractivity contribution in [2.75, 3.05) is 54.7 Å². The Morgan fingerprint density at radius 1 is 0.962 bits per heavy atom. The van der Waals surface area contributed by atoms with Crippen LogP contribution in [0.15, 0.2) is 54.5 Å². The molecular formula is C58H95FN6O13. The lowest BCUT2D eigenvalue weighted by Crippen LogP contribution is -2.59. The molecule has 78 heavy (non-hydrogen) atoms. The number of methoxy groups -OCH3 is 2. The van der Waals surface area contributed by atoms with Gasteiger partial charge < -0.3 is 73.9 Å². The van der Waals surface area contributed by atoms with E-state index in [9.17, 15) is 34.7 Å². The van der Waals surface area contributed by atoms with Crippen LogP contribution < -0.4 is 11.0 Å². The van der Waals surface area contributed by atoms with Gasteiger partial charge >= 0.3 is 5.97 Å². The van der Waals surface area contributed by atoms with E-state index in [4.69, 9.17) is 33.2 Å². The molecule has 442 valence electrons. The molecule has 5 heterocycles. The predicted molar refractivity (Wildman–Crippen MR) is 293 cm³/mol. The lowest BCUT2D eigenvalue weighted by atomic mass is 9.77. The molecule has 6 rings (SSSR count). The van der Waals surface area contributed by atoms with Crippen molar-refractivity contribution in [1.29, 1.82) is 0 Å². The molecule has 19 atom stereocenters. The first kappa shape index (κ1) is 63.7. The maximum absolute atomic E-state index is 15.0. The van der Waals surface area contributed by atoms with Gasteiger partial charge in [0.25, 0.3) is 0 Å². The molecule has 1 aromatic carbocycles. The van der Waals surface area contributed by atoms with E-state index in [1.54, 1.807) is 59.0 Å². The maximum atomic E-state index is 15.0. The molecule has 0 spiro atoms. The SMILES string of the molecule is CC[C@H]1OC(=O)[C@H](C)[C@@H](OC2C[C@@](C)(OC)[C@@H](O)[C@H](C)O2)[C@H](C)[C@@H](OC[C@H]2C[C@@H](N(C)CCC3=CN([C@H](CF)[C@H](OC)c4ccc(-c5ccc(CO)nc5)cc4)NN3)C[C@@H](C)O2)[C@](C)(O)C[C@@H](C)CN(C)[C@H](C)[C@@H](O)[C@]1(C)O. The Hall–Kier alpha value is -3.45. The topological polar surface area (TPSA) is 230 Å². The highest BCUT2D eigenvalue weighted by atomic mass is 19.1. The molecule has 4 aliphatic rings. The van der Waals surface area contributed by atoms with Gasteiger partial charge in [0.15, 0.2) is 6.29 Å². The molecule has 2 aromatic rings. The van der Waals surface area contributed by atoms with E-state index in [2.05, 4.69) is 27.9 Å². The van der Waals surface area contributed by atoms with E-state index in [1.807, 2.05) is 76.2 Å². The summed E-state index contributed by atoms with van der Waals surface area (Å²) in [6.07, 6.45) is -1.61. The molecule has 19 nitrogen and oxygen atoms in total. The van der Waals surface area contributed by atoms with Crippen molar-refractivity contribution >= 4 is 5.97 Å². The Labute approximate surface area is 463 Å². The number of aliphatic hydroxyl groups excluding tert-OH is 3. The second kappa shape index (κ2) is 27.5. The number of esters is 1. The molecule has 20 heteroatoms. The van der Waals surface area contributed by atoms with Crippen LogP contribution in [0.2, 0.25) is 0 Å². The number of aliphatic hydroxyl groups is 5. The summed E-state index contributed by atoms with van der Waals surface area (Å²) in [7, 11) is 7.05. The third kappa shape index (κ3) is 15.2. The van der Waals surface area contributed by atoms with Crippen LogP contribution >= 0.6 is 0 Å². The van der Waals surface area contributed by atoms with Gasteiger partial charge in [0.1, 0.15) is 42.7 Å². The minimum atomic E-state index is -1.82. The Bertz CT molecular complexity index is 2210. The van der Waals surface area contributed by atoms with Gasteiger partial charge in [-0.3, -0.25) is 14.8 Å². The van der Waals surface area contributed by atoms with Crippen molar-refractivity contribution < 1.29 is 67.9 Å². The van der Waals surface area contributed by atoms with Crippen LogP contribution in [0.4, 0.5) is 4.39 Å². The first-order valence-electron chi connectivity index (χ1n) is 28.1. The number of halogens is 1. The number of aromatic nitrogens is 1. The lowest BCUT2D eigenvalue weighted by molar-refractivity contribution is -0.301. The van der Waals surface area contributed by atoms with Crippen molar-refractivity contribution in [2.45, 2.75) is 211 Å². The average Bonchev–Trinajstić information content (AvgIpc) is 3.89. The van der Waals surface area contributed by atoms with Crippen molar-refractivity contribution in [1.82, 2.24) is 30.8 Å². The maximum Gasteiger partial charge on any atom is 0.311 e. The number of carbonyl (C=O) groups is 1. The molecule has 3 saturated heterocycles. The minimum Gasteiger partial charge on any atom is -0.459 e. The standard InChI is InChI=1S/C58H95FN6O13/c1-15-48-58(10,71)52(67)38(6)64(12)30-34(2)26-56(8,70)54(36(4)50(37(5)55(69)77-48)78-49-27-57(9,73-14)53(68)39(7)76-49)74-33-46-25-45(24-35(3)75-46)63(11)23-22-43-31-65(62-61-43)47(28-59)51(72-13)41-18-16-40(17-19-41)42-20-21-44(32-66)60-29-42/h16-21,29,31,34-39,45-54,61-62,66-68,70-71H,15,22-28,30,32-33H2,1-14H3/t34-,35-,36+,37-,38-,39+,45+,46-,47-,48-,49?,50+,51-,52-,53+,54-,56-,57-,58-/m1/s1. The highest BCUT2D eigenvalue weighted by Gasteiger charge is 2.51. The number of alkyl halides is 1. The fraction of sp³-hybridized carbons (Fsp3) is 0.759. The van der Waals surface area contributed by atoms with E-state index >= 15 is 0 Å². The molecule has 7 N–H and O–H groups in total. The van der Waals surface area contributed by atoms with Crippen molar-refractivity contribution in [3.05, 3.63) is 65.7 Å². The summed E-state index contributed by atoms with van der Waals surface area (Å²) in [5, 5.41) is 58.6. The van der Waals surface area contributed by atoms with Gasteiger partial charge in [0.2, 0.25) is 0 Å². The number of nitrogens with one attached hydrogen (secondary N) is 2. The highest BCUT2D eigenvalue weighted by Crippen LogP contribution is 2.40. The third-order valence-corrected chi connectivity index (χ3v) is 17.4. The number of hydrogen-bond acceptors (Lipinski definition) is 19. The van der Waals surface area contributed by atoms with E-state index in [-0.39, 0.29) is 56.6 Å². The second-order valence-corrected chi connectivity index (χ2v) is 23.7. The first-order chi connectivity index (χ1) is 36.8. The average molecular weight is 1100 g/mol. The first-order valence-corrected chi connectivity index (χ1v) is 28.1. The number of ether oxygens (including phenoxy) is 7. The number of hydrogen-bond donors (Lipinski definition) is 7. The summed E-state index contributed by atoms with van der Waals surface area (Å²) in [6, 6.07) is 10.3. The molecule has 1 aromatic heterocycles.